The van der Waals surface area contributed by atoms with Gasteiger partial charge in [-0.2, -0.15) is 0 Å². The zero-order valence-electron chi connectivity index (χ0n) is 14.2. The Balaban J connectivity index is 3.10. The standard InChI is InChI=1S/C19H37NO/c1-3-4-5-6-7-8-9-10-11-12-13-14-15-16-17-18-19(2)20-21/h10-11,20-21H,2-9,12-18H2,1H3/b11-10-. The van der Waals surface area contributed by atoms with Crippen LogP contribution in [-0.4, -0.2) is 5.21 Å². The normalized spacial score (nSPS) is 11.1. The quantitative estimate of drug-likeness (QED) is 0.193. The topological polar surface area (TPSA) is 32.3 Å². The van der Waals surface area contributed by atoms with E-state index in [-0.39, 0.29) is 0 Å². The van der Waals surface area contributed by atoms with Crippen molar-refractivity contribution in [1.82, 2.24) is 5.48 Å². The summed E-state index contributed by atoms with van der Waals surface area (Å²) in [4.78, 5) is 0. The maximum atomic E-state index is 8.59. The van der Waals surface area contributed by atoms with Gasteiger partial charge in [-0.3, -0.25) is 10.7 Å². The largest absolute Gasteiger partial charge is 0.291 e. The number of unbranched alkanes of at least 4 members (excludes halogenated alkanes) is 11. The highest BCUT2D eigenvalue weighted by molar-refractivity contribution is 4.86. The van der Waals surface area contributed by atoms with Gasteiger partial charge in [0.25, 0.3) is 0 Å². The molecule has 124 valence electrons. The van der Waals surface area contributed by atoms with E-state index in [0.717, 1.165) is 18.5 Å². The molecule has 0 aromatic heterocycles. The fraction of sp³-hybridized carbons (Fsp3) is 0.789. The average Bonchev–Trinajstić information content (AvgIpc) is 2.50. The van der Waals surface area contributed by atoms with Crippen LogP contribution in [0.1, 0.15) is 96.8 Å². The van der Waals surface area contributed by atoms with Gasteiger partial charge in [-0.05, 0) is 38.5 Å². The molecule has 21 heavy (non-hydrogen) atoms. The van der Waals surface area contributed by atoms with Crippen LogP contribution >= 0.6 is 0 Å². The number of nitrogens with one attached hydrogen (secondary N) is 1. The second-order valence-corrected chi connectivity index (χ2v) is 6.05. The average molecular weight is 296 g/mol. The van der Waals surface area contributed by atoms with Crippen molar-refractivity contribution in [1.29, 1.82) is 0 Å². The molecular weight excluding hydrogens is 258 g/mol. The first-order valence-electron chi connectivity index (χ1n) is 9.04. The number of hydroxylamine groups is 1. The van der Waals surface area contributed by atoms with Gasteiger partial charge in [0.2, 0.25) is 0 Å². The first kappa shape index (κ1) is 20.2. The van der Waals surface area contributed by atoms with Gasteiger partial charge in [0, 0.05) is 5.70 Å². The Morgan fingerprint density at radius 3 is 1.81 bits per heavy atom. The number of allylic oxidation sites excluding steroid dienone is 3. The van der Waals surface area contributed by atoms with E-state index in [1.54, 1.807) is 0 Å². The minimum Gasteiger partial charge on any atom is -0.291 e. The van der Waals surface area contributed by atoms with Crippen molar-refractivity contribution in [3.05, 3.63) is 24.4 Å². The van der Waals surface area contributed by atoms with Gasteiger partial charge >= 0.3 is 0 Å². The SMILES string of the molecule is C=C(CCCCCCC/C=C\CCCCCCCC)NO. The molecule has 0 saturated heterocycles. The first-order chi connectivity index (χ1) is 10.3. The molecule has 0 aromatic carbocycles. The van der Waals surface area contributed by atoms with E-state index in [0.29, 0.717) is 0 Å². The smallest absolute Gasteiger partial charge is 0.0304 e. The number of hydrogen-bond donors (Lipinski definition) is 2. The van der Waals surface area contributed by atoms with Gasteiger partial charge in [-0.1, -0.05) is 77.0 Å². The lowest BCUT2D eigenvalue weighted by atomic mass is 10.1. The molecule has 0 aliphatic carbocycles. The summed E-state index contributed by atoms with van der Waals surface area (Å²) in [6, 6.07) is 0. The second-order valence-electron chi connectivity index (χ2n) is 6.05. The Hall–Kier alpha value is -0.760. The fourth-order valence-corrected chi connectivity index (χ4v) is 2.47. The molecule has 0 atom stereocenters. The van der Waals surface area contributed by atoms with Crippen LogP contribution in [-0.2, 0) is 0 Å². The number of rotatable bonds is 16. The summed E-state index contributed by atoms with van der Waals surface area (Å²) >= 11 is 0. The molecule has 0 spiro atoms. The van der Waals surface area contributed by atoms with Gasteiger partial charge in [0.15, 0.2) is 0 Å². The third-order valence-corrected chi connectivity index (χ3v) is 3.90. The summed E-state index contributed by atoms with van der Waals surface area (Å²) in [6.07, 6.45) is 22.8. The molecule has 2 N–H and O–H groups in total. The van der Waals surface area contributed by atoms with Crippen molar-refractivity contribution < 1.29 is 5.21 Å². The fourth-order valence-electron chi connectivity index (χ4n) is 2.47. The van der Waals surface area contributed by atoms with Crippen molar-refractivity contribution in [2.75, 3.05) is 0 Å². The molecule has 0 fully saturated rings. The molecule has 0 amide bonds. The molecule has 0 aromatic rings. The molecule has 0 radical (unpaired) electrons. The van der Waals surface area contributed by atoms with Crippen molar-refractivity contribution >= 4 is 0 Å². The van der Waals surface area contributed by atoms with Crippen LogP contribution in [0.2, 0.25) is 0 Å². The maximum absolute atomic E-state index is 8.59. The highest BCUT2D eigenvalue weighted by Crippen LogP contribution is 2.10. The van der Waals surface area contributed by atoms with Crippen molar-refractivity contribution in [3.8, 4) is 0 Å². The minimum absolute atomic E-state index is 0.729. The highest BCUT2D eigenvalue weighted by Gasteiger charge is 1.93. The summed E-state index contributed by atoms with van der Waals surface area (Å²) < 4.78 is 0. The molecule has 0 unspecified atom stereocenters. The lowest BCUT2D eigenvalue weighted by molar-refractivity contribution is 0.196. The van der Waals surface area contributed by atoms with Gasteiger partial charge in [-0.25, -0.2) is 0 Å². The van der Waals surface area contributed by atoms with Crippen LogP contribution in [0.15, 0.2) is 24.4 Å². The van der Waals surface area contributed by atoms with Crippen LogP contribution in [0.25, 0.3) is 0 Å². The van der Waals surface area contributed by atoms with E-state index in [4.69, 9.17) is 5.21 Å². The molecule has 0 heterocycles. The second kappa shape index (κ2) is 17.3. The van der Waals surface area contributed by atoms with E-state index in [1.165, 1.54) is 77.0 Å². The monoisotopic (exact) mass is 295 g/mol. The predicted molar refractivity (Wildman–Crippen MR) is 93.5 cm³/mol. The lowest BCUT2D eigenvalue weighted by Gasteiger charge is -2.03. The summed E-state index contributed by atoms with van der Waals surface area (Å²) in [7, 11) is 0. The summed E-state index contributed by atoms with van der Waals surface area (Å²) in [5.41, 5.74) is 2.84. The molecule has 0 bridgehead atoms. The van der Waals surface area contributed by atoms with E-state index in [2.05, 4.69) is 31.1 Å². The van der Waals surface area contributed by atoms with E-state index < -0.39 is 0 Å². The molecule has 0 rings (SSSR count). The van der Waals surface area contributed by atoms with E-state index >= 15 is 0 Å². The molecular formula is C19H37NO. The Morgan fingerprint density at radius 2 is 1.29 bits per heavy atom. The Bertz CT molecular complexity index is 248. The zero-order chi connectivity index (χ0) is 15.6. The summed E-state index contributed by atoms with van der Waals surface area (Å²) in [5.74, 6) is 0. The van der Waals surface area contributed by atoms with Crippen LogP contribution < -0.4 is 5.48 Å². The summed E-state index contributed by atoms with van der Waals surface area (Å²) in [6.45, 7) is 5.98. The van der Waals surface area contributed by atoms with E-state index in [9.17, 15) is 0 Å². The zero-order valence-corrected chi connectivity index (χ0v) is 14.2. The van der Waals surface area contributed by atoms with Crippen molar-refractivity contribution in [3.63, 3.8) is 0 Å². The van der Waals surface area contributed by atoms with Crippen molar-refractivity contribution in [2.45, 2.75) is 96.8 Å². The van der Waals surface area contributed by atoms with Crippen LogP contribution in [0.4, 0.5) is 0 Å². The minimum atomic E-state index is 0.729. The van der Waals surface area contributed by atoms with Crippen LogP contribution in [0.5, 0.6) is 0 Å². The third-order valence-electron chi connectivity index (χ3n) is 3.90. The van der Waals surface area contributed by atoms with Crippen LogP contribution in [0.3, 0.4) is 0 Å². The lowest BCUT2D eigenvalue weighted by Crippen LogP contribution is -2.04. The van der Waals surface area contributed by atoms with Gasteiger partial charge < -0.3 is 0 Å². The highest BCUT2D eigenvalue weighted by atomic mass is 16.5. The van der Waals surface area contributed by atoms with Gasteiger partial charge in [-0.15, -0.1) is 0 Å². The molecule has 0 saturated carbocycles. The van der Waals surface area contributed by atoms with Crippen LogP contribution in [0, 0.1) is 0 Å². The summed E-state index contributed by atoms with van der Waals surface area (Å²) in [5, 5.41) is 8.59. The molecule has 0 aliphatic heterocycles. The molecule has 2 heteroatoms. The third kappa shape index (κ3) is 17.2. The predicted octanol–water partition coefficient (Wildman–Crippen LogP) is 6.52. The van der Waals surface area contributed by atoms with E-state index in [1.807, 2.05) is 0 Å². The molecule has 2 nitrogen and oxygen atoms in total. The first-order valence-corrected chi connectivity index (χ1v) is 9.04. The van der Waals surface area contributed by atoms with Gasteiger partial charge in [0.1, 0.15) is 0 Å². The van der Waals surface area contributed by atoms with Crippen molar-refractivity contribution in [2.24, 2.45) is 0 Å². The maximum Gasteiger partial charge on any atom is 0.0304 e. The Kier molecular flexibility index (Phi) is 16.7. The van der Waals surface area contributed by atoms with Gasteiger partial charge in [0.05, 0.1) is 0 Å². The Morgan fingerprint density at radius 1 is 0.810 bits per heavy atom. The Labute approximate surface area is 132 Å². The number of hydrogen-bond acceptors (Lipinski definition) is 2. The molecule has 0 aliphatic rings.